The second-order valence-corrected chi connectivity index (χ2v) is 5.31. The highest BCUT2D eigenvalue weighted by atomic mass is 35.5. The molecule has 0 radical (unpaired) electrons. The van der Waals surface area contributed by atoms with E-state index in [0.717, 1.165) is 11.1 Å². The standard InChI is InChI=1S/C17H17ClO2/c1-11-4-6-14(7-5-11)17(19)13(3)20-15-8-9-16(18)12(2)10-15/h4-10,13H,1-3H3. The maximum absolute atomic E-state index is 12.3. The Balaban J connectivity index is 2.11. The topological polar surface area (TPSA) is 26.3 Å². The number of ether oxygens (including phenoxy) is 1. The number of rotatable bonds is 4. The Morgan fingerprint density at radius 1 is 1.10 bits per heavy atom. The minimum absolute atomic E-state index is 0.0300. The van der Waals surface area contributed by atoms with Crippen molar-refractivity contribution in [3.63, 3.8) is 0 Å². The highest BCUT2D eigenvalue weighted by Gasteiger charge is 2.16. The van der Waals surface area contributed by atoms with Crippen LogP contribution in [0.2, 0.25) is 5.02 Å². The van der Waals surface area contributed by atoms with Crippen molar-refractivity contribution in [1.82, 2.24) is 0 Å². The minimum Gasteiger partial charge on any atom is -0.483 e. The van der Waals surface area contributed by atoms with Crippen LogP contribution in [-0.4, -0.2) is 11.9 Å². The first-order valence-corrected chi connectivity index (χ1v) is 6.89. The van der Waals surface area contributed by atoms with E-state index in [0.29, 0.717) is 16.3 Å². The van der Waals surface area contributed by atoms with Gasteiger partial charge in [-0.3, -0.25) is 4.79 Å². The van der Waals surface area contributed by atoms with Gasteiger partial charge in [0, 0.05) is 10.6 Å². The van der Waals surface area contributed by atoms with Gasteiger partial charge < -0.3 is 4.74 Å². The van der Waals surface area contributed by atoms with Gasteiger partial charge in [0.2, 0.25) is 5.78 Å². The van der Waals surface area contributed by atoms with Crippen LogP contribution >= 0.6 is 11.6 Å². The highest BCUT2D eigenvalue weighted by Crippen LogP contribution is 2.22. The molecule has 2 nitrogen and oxygen atoms in total. The molecule has 0 aliphatic rings. The average Bonchev–Trinajstić information content (AvgIpc) is 2.43. The van der Waals surface area contributed by atoms with Crippen molar-refractivity contribution in [3.8, 4) is 5.75 Å². The van der Waals surface area contributed by atoms with Crippen LogP contribution in [0.1, 0.15) is 28.4 Å². The van der Waals surface area contributed by atoms with Crippen LogP contribution in [0.25, 0.3) is 0 Å². The average molecular weight is 289 g/mol. The summed E-state index contributed by atoms with van der Waals surface area (Å²) in [6, 6.07) is 12.9. The van der Waals surface area contributed by atoms with Gasteiger partial charge in [0.05, 0.1) is 0 Å². The molecular formula is C17H17ClO2. The Morgan fingerprint density at radius 3 is 2.35 bits per heavy atom. The van der Waals surface area contributed by atoms with Gasteiger partial charge in [-0.15, -0.1) is 0 Å². The summed E-state index contributed by atoms with van der Waals surface area (Å²) >= 11 is 5.97. The van der Waals surface area contributed by atoms with Crippen LogP contribution in [0.15, 0.2) is 42.5 Å². The van der Waals surface area contributed by atoms with Crippen molar-refractivity contribution in [2.24, 2.45) is 0 Å². The molecule has 3 heteroatoms. The molecule has 0 aliphatic heterocycles. The maximum atomic E-state index is 12.3. The van der Waals surface area contributed by atoms with Crippen molar-refractivity contribution < 1.29 is 9.53 Å². The summed E-state index contributed by atoms with van der Waals surface area (Å²) in [5.41, 5.74) is 2.72. The summed E-state index contributed by atoms with van der Waals surface area (Å²) in [5.74, 6) is 0.623. The van der Waals surface area contributed by atoms with Crippen LogP contribution < -0.4 is 4.74 Å². The molecular weight excluding hydrogens is 272 g/mol. The van der Waals surface area contributed by atoms with Gasteiger partial charge >= 0.3 is 0 Å². The number of halogens is 1. The summed E-state index contributed by atoms with van der Waals surface area (Å²) in [5, 5.41) is 0.690. The SMILES string of the molecule is Cc1ccc(C(=O)C(C)Oc2ccc(Cl)c(C)c2)cc1. The van der Waals surface area contributed by atoms with Crippen LogP contribution in [0.3, 0.4) is 0 Å². The van der Waals surface area contributed by atoms with Gasteiger partial charge in [0.15, 0.2) is 6.10 Å². The van der Waals surface area contributed by atoms with E-state index in [1.165, 1.54) is 0 Å². The number of hydrogen-bond donors (Lipinski definition) is 0. The van der Waals surface area contributed by atoms with Crippen molar-refractivity contribution in [3.05, 3.63) is 64.2 Å². The fourth-order valence-corrected chi connectivity index (χ4v) is 2.02. The molecule has 1 atom stereocenters. The first-order valence-electron chi connectivity index (χ1n) is 6.51. The third-order valence-corrected chi connectivity index (χ3v) is 3.57. The lowest BCUT2D eigenvalue weighted by Gasteiger charge is -2.14. The molecule has 0 amide bonds. The van der Waals surface area contributed by atoms with E-state index in [4.69, 9.17) is 16.3 Å². The molecule has 0 N–H and O–H groups in total. The molecule has 2 rings (SSSR count). The fourth-order valence-electron chi connectivity index (χ4n) is 1.90. The van der Waals surface area contributed by atoms with Gasteiger partial charge in [-0.1, -0.05) is 41.4 Å². The van der Waals surface area contributed by atoms with E-state index in [2.05, 4.69) is 0 Å². The normalized spacial score (nSPS) is 12.0. The van der Waals surface area contributed by atoms with E-state index in [1.807, 2.05) is 44.2 Å². The zero-order valence-corrected chi connectivity index (χ0v) is 12.6. The predicted octanol–water partition coefficient (Wildman–Crippen LogP) is 4.61. The highest BCUT2D eigenvalue weighted by molar-refractivity contribution is 6.31. The number of carbonyl (C=O) groups excluding carboxylic acids is 1. The van der Waals surface area contributed by atoms with Crippen LogP contribution in [0.4, 0.5) is 0 Å². The molecule has 0 bridgehead atoms. The van der Waals surface area contributed by atoms with Gasteiger partial charge in [-0.05, 0) is 44.5 Å². The van der Waals surface area contributed by atoms with Gasteiger partial charge in [0.1, 0.15) is 5.75 Å². The first kappa shape index (κ1) is 14.6. The molecule has 0 aromatic heterocycles. The van der Waals surface area contributed by atoms with E-state index in [-0.39, 0.29) is 5.78 Å². The third kappa shape index (κ3) is 3.40. The Labute approximate surface area is 124 Å². The van der Waals surface area contributed by atoms with Crippen molar-refractivity contribution in [1.29, 1.82) is 0 Å². The van der Waals surface area contributed by atoms with Crippen molar-refractivity contribution in [2.45, 2.75) is 26.9 Å². The number of Topliss-reactive ketones (excluding diaryl/α,β-unsaturated/α-hetero) is 1. The van der Waals surface area contributed by atoms with Gasteiger partial charge in [0.25, 0.3) is 0 Å². The largest absolute Gasteiger partial charge is 0.483 e. The van der Waals surface area contributed by atoms with E-state index < -0.39 is 6.10 Å². The second kappa shape index (κ2) is 6.10. The van der Waals surface area contributed by atoms with Crippen LogP contribution in [-0.2, 0) is 0 Å². The lowest BCUT2D eigenvalue weighted by atomic mass is 10.1. The van der Waals surface area contributed by atoms with Crippen molar-refractivity contribution >= 4 is 17.4 Å². The molecule has 1 unspecified atom stereocenters. The molecule has 0 fully saturated rings. The Kier molecular flexibility index (Phi) is 4.46. The zero-order chi connectivity index (χ0) is 14.7. The second-order valence-electron chi connectivity index (χ2n) is 4.90. The Morgan fingerprint density at radius 2 is 1.75 bits per heavy atom. The minimum atomic E-state index is -0.529. The summed E-state index contributed by atoms with van der Waals surface area (Å²) in [6.45, 7) is 5.65. The molecule has 2 aromatic rings. The fraction of sp³-hybridized carbons (Fsp3) is 0.235. The van der Waals surface area contributed by atoms with Crippen LogP contribution in [0.5, 0.6) is 5.75 Å². The molecule has 20 heavy (non-hydrogen) atoms. The van der Waals surface area contributed by atoms with Gasteiger partial charge in [-0.2, -0.15) is 0 Å². The Bertz CT molecular complexity index is 617. The maximum Gasteiger partial charge on any atom is 0.202 e. The monoisotopic (exact) mass is 288 g/mol. The number of carbonyl (C=O) groups is 1. The lowest BCUT2D eigenvalue weighted by Crippen LogP contribution is -2.23. The smallest absolute Gasteiger partial charge is 0.202 e. The molecule has 0 spiro atoms. The van der Waals surface area contributed by atoms with E-state index in [1.54, 1.807) is 19.1 Å². The molecule has 0 saturated heterocycles. The molecule has 104 valence electrons. The molecule has 0 aliphatic carbocycles. The van der Waals surface area contributed by atoms with Crippen LogP contribution in [0, 0.1) is 13.8 Å². The summed E-state index contributed by atoms with van der Waals surface area (Å²) in [7, 11) is 0. The first-order chi connectivity index (χ1) is 9.47. The molecule has 2 aromatic carbocycles. The number of ketones is 1. The number of hydrogen-bond acceptors (Lipinski definition) is 2. The quantitative estimate of drug-likeness (QED) is 0.768. The number of benzene rings is 2. The third-order valence-electron chi connectivity index (χ3n) is 3.15. The Hall–Kier alpha value is -1.80. The predicted molar refractivity (Wildman–Crippen MR) is 81.8 cm³/mol. The lowest BCUT2D eigenvalue weighted by molar-refractivity contribution is 0.0818. The number of aryl methyl sites for hydroxylation is 2. The summed E-state index contributed by atoms with van der Waals surface area (Å²) < 4.78 is 5.69. The summed E-state index contributed by atoms with van der Waals surface area (Å²) in [6.07, 6.45) is -0.529. The van der Waals surface area contributed by atoms with E-state index >= 15 is 0 Å². The zero-order valence-electron chi connectivity index (χ0n) is 11.8. The summed E-state index contributed by atoms with van der Waals surface area (Å²) in [4.78, 5) is 12.3. The van der Waals surface area contributed by atoms with Gasteiger partial charge in [-0.25, -0.2) is 0 Å². The van der Waals surface area contributed by atoms with E-state index in [9.17, 15) is 4.79 Å². The molecule has 0 saturated carbocycles. The molecule has 0 heterocycles. The van der Waals surface area contributed by atoms with Crippen molar-refractivity contribution in [2.75, 3.05) is 0 Å².